The van der Waals surface area contributed by atoms with Gasteiger partial charge < -0.3 is 5.32 Å². The van der Waals surface area contributed by atoms with Crippen molar-refractivity contribution in [3.63, 3.8) is 0 Å². The van der Waals surface area contributed by atoms with Crippen molar-refractivity contribution in [3.05, 3.63) is 28.8 Å². The fourth-order valence-electron chi connectivity index (χ4n) is 2.43. The summed E-state index contributed by atoms with van der Waals surface area (Å²) >= 11 is 6.03. The van der Waals surface area contributed by atoms with Gasteiger partial charge in [-0.3, -0.25) is 4.79 Å². The van der Waals surface area contributed by atoms with Crippen molar-refractivity contribution in [1.82, 2.24) is 0 Å². The van der Waals surface area contributed by atoms with E-state index in [0.717, 1.165) is 30.5 Å². The summed E-state index contributed by atoms with van der Waals surface area (Å²) in [6.07, 6.45) is 3.07. The average Bonchev–Trinajstić information content (AvgIpc) is 2.38. The van der Waals surface area contributed by atoms with Crippen molar-refractivity contribution < 1.29 is 4.79 Å². The van der Waals surface area contributed by atoms with Gasteiger partial charge in [0.15, 0.2) is 0 Å². The maximum Gasteiger partial charge on any atom is 0.235 e. The topological polar surface area (TPSA) is 29.1 Å². The summed E-state index contributed by atoms with van der Waals surface area (Å²) in [7, 11) is 0. The molecule has 1 aliphatic heterocycles. The quantitative estimate of drug-likeness (QED) is 0.697. The summed E-state index contributed by atoms with van der Waals surface area (Å²) in [4.78, 5) is 11.8. The highest BCUT2D eigenvalue weighted by Crippen LogP contribution is 2.52. The molecule has 3 rings (SSSR count). The van der Waals surface area contributed by atoms with Gasteiger partial charge in [0.05, 0.1) is 16.1 Å². The zero-order valence-electron chi connectivity index (χ0n) is 7.64. The highest BCUT2D eigenvalue weighted by molar-refractivity contribution is 6.34. The van der Waals surface area contributed by atoms with Gasteiger partial charge >= 0.3 is 0 Å². The molecular formula is C11H10ClNO. The van der Waals surface area contributed by atoms with Gasteiger partial charge in [0, 0.05) is 0 Å². The fraction of sp³-hybridized carbons (Fsp3) is 0.364. The molecule has 1 aliphatic carbocycles. The summed E-state index contributed by atoms with van der Waals surface area (Å²) in [6, 6.07) is 5.75. The number of halogens is 1. The van der Waals surface area contributed by atoms with Crippen molar-refractivity contribution in [2.45, 2.75) is 24.7 Å². The molecule has 72 valence electrons. The summed E-state index contributed by atoms with van der Waals surface area (Å²) in [5.41, 5.74) is 1.69. The molecule has 1 spiro atoms. The predicted molar refractivity (Wildman–Crippen MR) is 55.6 cm³/mol. The van der Waals surface area contributed by atoms with Crippen LogP contribution in [0.25, 0.3) is 0 Å². The highest BCUT2D eigenvalue weighted by atomic mass is 35.5. The first-order chi connectivity index (χ1) is 6.74. The second-order valence-electron chi connectivity index (χ2n) is 4.05. The molecule has 1 amide bonds. The van der Waals surface area contributed by atoms with Crippen LogP contribution >= 0.6 is 11.6 Å². The van der Waals surface area contributed by atoms with Crippen LogP contribution in [0, 0.1) is 0 Å². The first-order valence-electron chi connectivity index (χ1n) is 4.84. The molecule has 1 aromatic rings. The number of hydrogen-bond donors (Lipinski definition) is 1. The summed E-state index contributed by atoms with van der Waals surface area (Å²) in [6.45, 7) is 0. The van der Waals surface area contributed by atoms with Gasteiger partial charge in [-0.2, -0.15) is 0 Å². The lowest BCUT2D eigenvalue weighted by molar-refractivity contribution is -0.123. The van der Waals surface area contributed by atoms with Crippen LogP contribution in [0.5, 0.6) is 0 Å². The predicted octanol–water partition coefficient (Wildman–Crippen LogP) is 2.71. The standard InChI is InChI=1S/C11H10ClNO/c12-8-4-1-3-7-9(8)13-10(14)11(7)5-2-6-11/h1,3-4H,2,5-6H2,(H,13,14). The average molecular weight is 208 g/mol. The first-order valence-corrected chi connectivity index (χ1v) is 5.22. The molecule has 3 heteroatoms. The number of carbonyl (C=O) groups excluding carboxylic acids is 1. The van der Waals surface area contributed by atoms with Crippen LogP contribution in [0.2, 0.25) is 5.02 Å². The van der Waals surface area contributed by atoms with Crippen LogP contribution in [0.15, 0.2) is 18.2 Å². The molecule has 0 bridgehead atoms. The number of nitrogens with one attached hydrogen (secondary N) is 1. The maximum absolute atomic E-state index is 11.8. The Kier molecular flexibility index (Phi) is 1.49. The SMILES string of the molecule is O=C1Nc2c(Cl)cccc2C12CCC2. The number of carbonyl (C=O) groups is 1. The Hall–Kier alpha value is -1.02. The molecule has 2 aliphatic rings. The van der Waals surface area contributed by atoms with E-state index in [0.29, 0.717) is 5.02 Å². The Morgan fingerprint density at radius 1 is 1.36 bits per heavy atom. The molecule has 1 N–H and O–H groups in total. The van der Waals surface area contributed by atoms with Crippen LogP contribution in [0.4, 0.5) is 5.69 Å². The van der Waals surface area contributed by atoms with E-state index >= 15 is 0 Å². The van der Waals surface area contributed by atoms with Crippen LogP contribution in [-0.2, 0) is 10.2 Å². The van der Waals surface area contributed by atoms with E-state index < -0.39 is 0 Å². The van der Waals surface area contributed by atoms with Gasteiger partial charge in [-0.25, -0.2) is 0 Å². The van der Waals surface area contributed by atoms with Crippen molar-refractivity contribution in [1.29, 1.82) is 0 Å². The molecule has 14 heavy (non-hydrogen) atoms. The molecule has 1 fully saturated rings. The number of benzene rings is 1. The Bertz CT molecular complexity index is 423. The Labute approximate surface area is 87.3 Å². The molecular weight excluding hydrogens is 198 g/mol. The lowest BCUT2D eigenvalue weighted by atomic mass is 9.65. The van der Waals surface area contributed by atoms with Crippen LogP contribution in [0.1, 0.15) is 24.8 Å². The normalized spacial score (nSPS) is 21.6. The Morgan fingerprint density at radius 2 is 2.14 bits per heavy atom. The number of hydrogen-bond acceptors (Lipinski definition) is 1. The first kappa shape index (κ1) is 8.30. The van der Waals surface area contributed by atoms with Crippen LogP contribution < -0.4 is 5.32 Å². The number of para-hydroxylation sites is 1. The molecule has 0 aromatic heterocycles. The van der Waals surface area contributed by atoms with E-state index in [1.54, 1.807) is 0 Å². The van der Waals surface area contributed by atoms with E-state index in [4.69, 9.17) is 11.6 Å². The van der Waals surface area contributed by atoms with Gasteiger partial charge in [0.25, 0.3) is 0 Å². The fourth-order valence-corrected chi connectivity index (χ4v) is 2.65. The smallest absolute Gasteiger partial charge is 0.235 e. The lowest BCUT2D eigenvalue weighted by Gasteiger charge is -2.36. The minimum atomic E-state index is -0.236. The molecule has 1 saturated carbocycles. The van der Waals surface area contributed by atoms with Crippen molar-refractivity contribution in [2.24, 2.45) is 0 Å². The van der Waals surface area contributed by atoms with Gasteiger partial charge in [0.2, 0.25) is 5.91 Å². The van der Waals surface area contributed by atoms with E-state index in [1.807, 2.05) is 18.2 Å². The number of fused-ring (bicyclic) bond motifs is 2. The Balaban J connectivity index is 2.22. The third-order valence-corrected chi connectivity index (χ3v) is 3.72. The molecule has 1 heterocycles. The Morgan fingerprint density at radius 3 is 2.79 bits per heavy atom. The minimum absolute atomic E-state index is 0.131. The zero-order chi connectivity index (χ0) is 9.76. The molecule has 2 nitrogen and oxygen atoms in total. The van der Waals surface area contributed by atoms with E-state index in [9.17, 15) is 4.79 Å². The summed E-state index contributed by atoms with van der Waals surface area (Å²) in [5, 5.41) is 3.54. The van der Waals surface area contributed by atoms with Crippen molar-refractivity contribution >= 4 is 23.2 Å². The van der Waals surface area contributed by atoms with Gasteiger partial charge in [-0.1, -0.05) is 30.2 Å². The minimum Gasteiger partial charge on any atom is -0.324 e. The second kappa shape index (κ2) is 2.51. The highest BCUT2D eigenvalue weighted by Gasteiger charge is 2.51. The molecule has 0 radical (unpaired) electrons. The van der Waals surface area contributed by atoms with Gasteiger partial charge in [-0.15, -0.1) is 0 Å². The molecule has 0 saturated heterocycles. The van der Waals surface area contributed by atoms with Crippen molar-refractivity contribution in [3.8, 4) is 0 Å². The number of rotatable bonds is 0. The number of amides is 1. The maximum atomic E-state index is 11.8. The monoisotopic (exact) mass is 207 g/mol. The van der Waals surface area contributed by atoms with E-state index in [1.165, 1.54) is 0 Å². The largest absolute Gasteiger partial charge is 0.324 e. The summed E-state index contributed by atoms with van der Waals surface area (Å²) < 4.78 is 0. The van der Waals surface area contributed by atoms with Gasteiger partial charge in [-0.05, 0) is 24.5 Å². The molecule has 0 unspecified atom stereocenters. The molecule has 0 atom stereocenters. The van der Waals surface area contributed by atoms with Crippen LogP contribution in [0.3, 0.4) is 0 Å². The third-order valence-electron chi connectivity index (χ3n) is 3.41. The third kappa shape index (κ3) is 0.800. The number of anilines is 1. The summed E-state index contributed by atoms with van der Waals surface area (Å²) in [5.74, 6) is 0.131. The van der Waals surface area contributed by atoms with E-state index in [2.05, 4.69) is 5.32 Å². The van der Waals surface area contributed by atoms with Crippen molar-refractivity contribution in [2.75, 3.05) is 5.32 Å². The molecule has 1 aromatic carbocycles. The van der Waals surface area contributed by atoms with Crippen LogP contribution in [-0.4, -0.2) is 5.91 Å². The lowest BCUT2D eigenvalue weighted by Crippen LogP contribution is -2.40. The zero-order valence-corrected chi connectivity index (χ0v) is 8.40. The van der Waals surface area contributed by atoms with E-state index in [-0.39, 0.29) is 11.3 Å². The second-order valence-corrected chi connectivity index (χ2v) is 4.46. The van der Waals surface area contributed by atoms with Gasteiger partial charge in [0.1, 0.15) is 0 Å².